The minimum atomic E-state index is -0.391. The predicted molar refractivity (Wildman–Crippen MR) is 73.4 cm³/mol. The first-order valence-electron chi connectivity index (χ1n) is 5.79. The second kappa shape index (κ2) is 6.59. The van der Waals surface area contributed by atoms with Crippen LogP contribution in [-0.2, 0) is 0 Å². The summed E-state index contributed by atoms with van der Waals surface area (Å²) in [6.07, 6.45) is 3.26. The summed E-state index contributed by atoms with van der Waals surface area (Å²) in [6, 6.07) is 5.21. The Morgan fingerprint density at radius 3 is 2.65 bits per heavy atom. The second-order valence-electron chi connectivity index (χ2n) is 3.96. The Morgan fingerprint density at radius 2 is 2.18 bits per heavy atom. The van der Waals surface area contributed by atoms with Crippen LogP contribution in [0.2, 0.25) is 0 Å². The van der Waals surface area contributed by atoms with E-state index in [2.05, 4.69) is 35.1 Å². The van der Waals surface area contributed by atoms with Gasteiger partial charge in [-0.15, -0.1) is 0 Å². The van der Waals surface area contributed by atoms with E-state index >= 15 is 0 Å². The highest BCUT2D eigenvalue weighted by atomic mass is 79.9. The van der Waals surface area contributed by atoms with Crippen LogP contribution >= 0.6 is 15.9 Å². The first kappa shape index (κ1) is 14.0. The molecule has 4 nitrogen and oxygen atoms in total. The number of nitro benzene ring substituents is 1. The fraction of sp³-hybridized carbons (Fsp3) is 0.500. The predicted octanol–water partition coefficient (Wildman–Crippen LogP) is 4.35. The van der Waals surface area contributed by atoms with Gasteiger partial charge in [-0.05, 0) is 34.8 Å². The van der Waals surface area contributed by atoms with Crippen molar-refractivity contribution in [1.29, 1.82) is 0 Å². The van der Waals surface area contributed by atoms with Gasteiger partial charge >= 0.3 is 0 Å². The lowest BCUT2D eigenvalue weighted by Crippen LogP contribution is -2.18. The number of rotatable bonds is 6. The van der Waals surface area contributed by atoms with E-state index in [9.17, 15) is 10.1 Å². The fourth-order valence-electron chi connectivity index (χ4n) is 1.68. The van der Waals surface area contributed by atoms with Gasteiger partial charge in [0.25, 0.3) is 5.69 Å². The van der Waals surface area contributed by atoms with E-state index in [0.717, 1.165) is 29.4 Å². The van der Waals surface area contributed by atoms with Crippen molar-refractivity contribution < 1.29 is 4.92 Å². The smallest absolute Gasteiger partial charge is 0.270 e. The number of nitro groups is 1. The molecule has 1 unspecified atom stereocenters. The normalized spacial score (nSPS) is 12.2. The van der Waals surface area contributed by atoms with Gasteiger partial charge < -0.3 is 5.32 Å². The molecule has 1 rings (SSSR count). The highest BCUT2D eigenvalue weighted by molar-refractivity contribution is 9.10. The van der Waals surface area contributed by atoms with Crippen LogP contribution in [0.3, 0.4) is 0 Å². The van der Waals surface area contributed by atoms with E-state index < -0.39 is 4.92 Å². The molecule has 0 bridgehead atoms. The zero-order chi connectivity index (χ0) is 12.8. The lowest BCUT2D eigenvalue weighted by molar-refractivity contribution is -0.384. The Morgan fingerprint density at radius 1 is 1.47 bits per heavy atom. The number of non-ortho nitro benzene ring substituents is 1. The van der Waals surface area contributed by atoms with E-state index in [1.54, 1.807) is 6.07 Å². The van der Waals surface area contributed by atoms with Crippen LogP contribution in [0.4, 0.5) is 11.4 Å². The number of nitrogens with one attached hydrogen (secondary N) is 1. The quantitative estimate of drug-likeness (QED) is 0.628. The number of hydrogen-bond acceptors (Lipinski definition) is 3. The monoisotopic (exact) mass is 300 g/mol. The van der Waals surface area contributed by atoms with Gasteiger partial charge in [0.15, 0.2) is 0 Å². The zero-order valence-electron chi connectivity index (χ0n) is 10.1. The molecule has 1 N–H and O–H groups in total. The van der Waals surface area contributed by atoms with Crippen molar-refractivity contribution >= 4 is 27.3 Å². The molecule has 0 aliphatic carbocycles. The Bertz CT molecular complexity index is 396. The summed E-state index contributed by atoms with van der Waals surface area (Å²) < 4.78 is 0.737. The molecule has 0 aromatic heterocycles. The SMILES string of the molecule is CCCC(CC)Nc1ccc([N+](=O)[O-])cc1Br. The van der Waals surface area contributed by atoms with Crippen LogP contribution in [0.25, 0.3) is 0 Å². The second-order valence-corrected chi connectivity index (χ2v) is 4.81. The van der Waals surface area contributed by atoms with Crippen LogP contribution in [0.1, 0.15) is 33.1 Å². The molecular weight excluding hydrogens is 284 g/mol. The Balaban J connectivity index is 2.81. The largest absolute Gasteiger partial charge is 0.381 e. The molecule has 17 heavy (non-hydrogen) atoms. The topological polar surface area (TPSA) is 55.2 Å². The standard InChI is InChI=1S/C12H17BrN2O2/c1-3-5-9(4-2)14-12-7-6-10(15(16)17)8-11(12)13/h6-9,14H,3-5H2,1-2H3. The summed E-state index contributed by atoms with van der Waals surface area (Å²) >= 11 is 3.36. The lowest BCUT2D eigenvalue weighted by atomic mass is 10.1. The van der Waals surface area contributed by atoms with Gasteiger partial charge in [-0.25, -0.2) is 0 Å². The van der Waals surface area contributed by atoms with Crippen LogP contribution in [0, 0.1) is 10.1 Å². The van der Waals surface area contributed by atoms with Crippen LogP contribution in [0.15, 0.2) is 22.7 Å². The number of benzene rings is 1. The Labute approximate surface area is 110 Å². The van der Waals surface area contributed by atoms with Gasteiger partial charge in [-0.3, -0.25) is 10.1 Å². The number of halogens is 1. The third-order valence-corrected chi connectivity index (χ3v) is 3.31. The molecule has 1 atom stereocenters. The van der Waals surface area contributed by atoms with Crippen molar-refractivity contribution in [2.45, 2.75) is 39.2 Å². The van der Waals surface area contributed by atoms with Gasteiger partial charge in [-0.2, -0.15) is 0 Å². The van der Waals surface area contributed by atoms with Crippen molar-refractivity contribution in [2.24, 2.45) is 0 Å². The van der Waals surface area contributed by atoms with Gasteiger partial charge in [-0.1, -0.05) is 20.3 Å². The molecule has 0 spiro atoms. The lowest BCUT2D eigenvalue weighted by Gasteiger charge is -2.18. The van der Waals surface area contributed by atoms with Crippen molar-refractivity contribution in [1.82, 2.24) is 0 Å². The molecule has 0 aliphatic heterocycles. The van der Waals surface area contributed by atoms with E-state index in [4.69, 9.17) is 0 Å². The van der Waals surface area contributed by atoms with Crippen molar-refractivity contribution in [2.75, 3.05) is 5.32 Å². The summed E-state index contributed by atoms with van der Waals surface area (Å²) in [5.41, 5.74) is 1.02. The van der Waals surface area contributed by atoms with Crippen LogP contribution in [-0.4, -0.2) is 11.0 Å². The molecule has 94 valence electrons. The van der Waals surface area contributed by atoms with E-state index in [1.165, 1.54) is 12.1 Å². The summed E-state index contributed by atoms with van der Waals surface area (Å²) in [4.78, 5) is 10.2. The molecule has 0 radical (unpaired) electrons. The zero-order valence-corrected chi connectivity index (χ0v) is 11.7. The Kier molecular flexibility index (Phi) is 5.41. The summed E-state index contributed by atoms with van der Waals surface area (Å²) in [6.45, 7) is 4.28. The summed E-state index contributed by atoms with van der Waals surface area (Å²) in [5, 5.41) is 14.0. The maximum atomic E-state index is 10.6. The molecule has 0 saturated carbocycles. The van der Waals surface area contributed by atoms with Gasteiger partial charge in [0, 0.05) is 28.3 Å². The molecule has 0 amide bonds. The average molecular weight is 301 g/mol. The highest BCUT2D eigenvalue weighted by Gasteiger charge is 2.11. The minimum Gasteiger partial charge on any atom is -0.381 e. The van der Waals surface area contributed by atoms with Gasteiger partial charge in [0.05, 0.1) is 4.92 Å². The van der Waals surface area contributed by atoms with Crippen molar-refractivity contribution in [3.8, 4) is 0 Å². The van der Waals surface area contributed by atoms with E-state index in [0.29, 0.717) is 6.04 Å². The molecule has 0 saturated heterocycles. The number of nitrogens with zero attached hydrogens (tertiary/aromatic N) is 1. The third-order valence-electron chi connectivity index (χ3n) is 2.65. The number of anilines is 1. The number of hydrogen-bond donors (Lipinski definition) is 1. The molecule has 0 aliphatic rings. The third kappa shape index (κ3) is 4.00. The average Bonchev–Trinajstić information content (AvgIpc) is 2.30. The van der Waals surface area contributed by atoms with Gasteiger partial charge in [0.2, 0.25) is 0 Å². The fourth-order valence-corrected chi connectivity index (χ4v) is 2.16. The molecular formula is C12H17BrN2O2. The summed E-state index contributed by atoms with van der Waals surface area (Å²) in [5.74, 6) is 0. The first-order chi connectivity index (χ1) is 8.08. The molecule has 1 aromatic carbocycles. The van der Waals surface area contributed by atoms with Crippen molar-refractivity contribution in [3.05, 3.63) is 32.8 Å². The minimum absolute atomic E-state index is 0.103. The highest BCUT2D eigenvalue weighted by Crippen LogP contribution is 2.28. The molecule has 0 heterocycles. The van der Waals surface area contributed by atoms with Gasteiger partial charge in [0.1, 0.15) is 0 Å². The molecule has 0 fully saturated rings. The molecule has 1 aromatic rings. The van der Waals surface area contributed by atoms with Crippen LogP contribution in [0.5, 0.6) is 0 Å². The van der Waals surface area contributed by atoms with Crippen molar-refractivity contribution in [3.63, 3.8) is 0 Å². The maximum Gasteiger partial charge on any atom is 0.270 e. The van der Waals surface area contributed by atoms with Crippen LogP contribution < -0.4 is 5.32 Å². The first-order valence-corrected chi connectivity index (χ1v) is 6.58. The Hall–Kier alpha value is -1.10. The molecule has 5 heteroatoms. The van der Waals surface area contributed by atoms with E-state index in [1.807, 2.05) is 0 Å². The maximum absolute atomic E-state index is 10.6. The van der Waals surface area contributed by atoms with E-state index in [-0.39, 0.29) is 5.69 Å². The summed E-state index contributed by atoms with van der Waals surface area (Å²) in [7, 11) is 0.